The summed E-state index contributed by atoms with van der Waals surface area (Å²) in [7, 11) is -0.574. The monoisotopic (exact) mass is 306 g/mol. The lowest BCUT2D eigenvalue weighted by molar-refractivity contribution is 0.0501. The molecule has 2 atom stereocenters. The molecule has 3 rings (SSSR count). The van der Waals surface area contributed by atoms with Gasteiger partial charge in [0.2, 0.25) is 0 Å². The topological polar surface area (TPSA) is 32.3 Å². The second-order valence-corrected chi connectivity index (χ2v) is 8.38. The average molecular weight is 306 g/mol. The van der Waals surface area contributed by atoms with E-state index in [2.05, 4.69) is 54.4 Å². The van der Waals surface area contributed by atoms with Crippen LogP contribution >= 0.6 is 0 Å². The molecule has 1 aromatic rings. The van der Waals surface area contributed by atoms with Crippen LogP contribution in [0.5, 0.6) is 0 Å². The molecule has 0 radical (unpaired) electrons. The highest BCUT2D eigenvalue weighted by Crippen LogP contribution is 2.30. The van der Waals surface area contributed by atoms with E-state index in [1.165, 1.54) is 5.56 Å². The lowest BCUT2D eigenvalue weighted by Gasteiger charge is -2.49. The number of piperazine rings is 1. The first-order chi connectivity index (χ1) is 10.1. The van der Waals surface area contributed by atoms with Crippen molar-refractivity contribution in [1.29, 1.82) is 0 Å². The molecule has 0 spiro atoms. The van der Waals surface area contributed by atoms with Crippen molar-refractivity contribution in [3.05, 3.63) is 35.9 Å². The number of hydrogen-bond acceptors (Lipinski definition) is 3. The van der Waals surface area contributed by atoms with Crippen LogP contribution < -0.4 is 5.32 Å². The Bertz CT molecular complexity index is 497. The molecule has 0 amide bonds. The van der Waals surface area contributed by atoms with Crippen LogP contribution in [0.4, 0.5) is 0 Å². The van der Waals surface area contributed by atoms with Gasteiger partial charge in [-0.1, -0.05) is 30.3 Å². The molecular formula is C17H26N2OS. The van der Waals surface area contributed by atoms with Crippen molar-refractivity contribution in [3.8, 4) is 0 Å². The highest BCUT2D eigenvalue weighted by atomic mass is 32.2. The number of nitrogens with one attached hydrogen (secondary N) is 1. The maximum atomic E-state index is 11.6. The van der Waals surface area contributed by atoms with E-state index in [0.29, 0.717) is 12.1 Å². The lowest BCUT2D eigenvalue weighted by atomic mass is 9.87. The third kappa shape index (κ3) is 3.22. The molecule has 0 bridgehead atoms. The minimum atomic E-state index is -0.574. The van der Waals surface area contributed by atoms with Gasteiger partial charge in [-0.2, -0.15) is 0 Å². The molecule has 2 aliphatic heterocycles. The smallest absolute Gasteiger partial charge is 0.0535 e. The van der Waals surface area contributed by atoms with Gasteiger partial charge in [-0.3, -0.25) is 9.11 Å². The first kappa shape index (κ1) is 15.2. The average Bonchev–Trinajstić information content (AvgIpc) is 2.52. The summed E-state index contributed by atoms with van der Waals surface area (Å²) < 4.78 is 11.6. The van der Waals surface area contributed by atoms with Crippen LogP contribution in [-0.2, 0) is 16.3 Å². The van der Waals surface area contributed by atoms with Gasteiger partial charge >= 0.3 is 0 Å². The number of benzene rings is 1. The van der Waals surface area contributed by atoms with Gasteiger partial charge in [-0.05, 0) is 32.3 Å². The fourth-order valence-electron chi connectivity index (χ4n) is 3.67. The van der Waals surface area contributed by atoms with Crippen LogP contribution in [-0.4, -0.2) is 45.8 Å². The maximum absolute atomic E-state index is 11.6. The Hall–Kier alpha value is -0.710. The molecule has 1 aromatic carbocycles. The van der Waals surface area contributed by atoms with Crippen LogP contribution in [0.15, 0.2) is 30.3 Å². The van der Waals surface area contributed by atoms with E-state index < -0.39 is 10.8 Å². The molecule has 0 aromatic heterocycles. The minimum Gasteiger partial charge on any atom is -0.305 e. The largest absolute Gasteiger partial charge is 0.305 e. The van der Waals surface area contributed by atoms with Crippen molar-refractivity contribution in [2.24, 2.45) is 0 Å². The summed E-state index contributed by atoms with van der Waals surface area (Å²) in [5.74, 6) is 1.76. The lowest BCUT2D eigenvalue weighted by Crippen LogP contribution is -2.63. The van der Waals surface area contributed by atoms with Crippen molar-refractivity contribution in [2.45, 2.75) is 44.3 Å². The third-order valence-electron chi connectivity index (χ3n) is 5.09. The zero-order chi connectivity index (χ0) is 14.9. The van der Waals surface area contributed by atoms with E-state index >= 15 is 0 Å². The summed E-state index contributed by atoms with van der Waals surface area (Å²) in [4.78, 5) is 2.65. The Balaban J connectivity index is 1.77. The van der Waals surface area contributed by atoms with E-state index in [9.17, 15) is 4.21 Å². The van der Waals surface area contributed by atoms with Crippen LogP contribution in [0.1, 0.15) is 32.3 Å². The summed E-state index contributed by atoms with van der Waals surface area (Å²) in [6.45, 7) is 6.67. The molecule has 2 unspecified atom stereocenters. The van der Waals surface area contributed by atoms with Crippen molar-refractivity contribution < 1.29 is 4.21 Å². The van der Waals surface area contributed by atoms with Crippen molar-refractivity contribution in [2.75, 3.05) is 24.6 Å². The van der Waals surface area contributed by atoms with E-state index in [1.54, 1.807) is 0 Å². The van der Waals surface area contributed by atoms with Gasteiger partial charge in [0.05, 0.1) is 5.54 Å². The molecule has 2 saturated heterocycles. The normalized spacial score (nSPS) is 38.3. The van der Waals surface area contributed by atoms with E-state index in [1.807, 2.05) is 0 Å². The highest BCUT2D eigenvalue weighted by molar-refractivity contribution is 7.85. The molecule has 3 nitrogen and oxygen atoms in total. The standard InChI is InChI=1S/C17H26N2OS/c1-14-12-18-17(2,15-6-4-3-5-7-15)13-19(14)16-8-10-21(20)11-9-16/h3-7,14,16,18H,8-13H2,1-2H3. The quantitative estimate of drug-likeness (QED) is 0.908. The highest BCUT2D eigenvalue weighted by Gasteiger charge is 2.38. The number of nitrogens with zero attached hydrogens (tertiary/aromatic N) is 1. The molecule has 1 N–H and O–H groups in total. The number of hydrogen-bond donors (Lipinski definition) is 1. The Labute approximate surface area is 130 Å². The summed E-state index contributed by atoms with van der Waals surface area (Å²) in [6, 6.07) is 11.9. The van der Waals surface area contributed by atoms with Gasteiger partial charge in [0.25, 0.3) is 0 Å². The minimum absolute atomic E-state index is 0.0182. The molecule has 0 saturated carbocycles. The molecule has 4 heteroatoms. The Morgan fingerprint density at radius 3 is 2.57 bits per heavy atom. The van der Waals surface area contributed by atoms with Crippen LogP contribution in [0.2, 0.25) is 0 Å². The first-order valence-corrected chi connectivity index (χ1v) is 9.48. The third-order valence-corrected chi connectivity index (χ3v) is 6.47. The fourth-order valence-corrected chi connectivity index (χ4v) is 4.94. The second-order valence-electron chi connectivity index (χ2n) is 6.68. The summed E-state index contributed by atoms with van der Waals surface area (Å²) in [6.07, 6.45) is 2.17. The molecule has 2 aliphatic rings. The van der Waals surface area contributed by atoms with Crippen molar-refractivity contribution >= 4 is 10.8 Å². The van der Waals surface area contributed by atoms with Gasteiger partial charge in [-0.25, -0.2) is 0 Å². The van der Waals surface area contributed by atoms with Crippen LogP contribution in [0.25, 0.3) is 0 Å². The molecule has 0 aliphatic carbocycles. The molecule has 2 heterocycles. The van der Waals surface area contributed by atoms with Gasteiger partial charge in [0, 0.05) is 47.5 Å². The van der Waals surface area contributed by atoms with E-state index in [-0.39, 0.29) is 5.54 Å². The van der Waals surface area contributed by atoms with Gasteiger partial charge in [0.1, 0.15) is 0 Å². The molecule has 2 fully saturated rings. The predicted octanol–water partition coefficient (Wildman–Crippen LogP) is 2.11. The van der Waals surface area contributed by atoms with Crippen molar-refractivity contribution in [1.82, 2.24) is 10.2 Å². The predicted molar refractivity (Wildman–Crippen MR) is 88.9 cm³/mol. The van der Waals surface area contributed by atoms with E-state index in [0.717, 1.165) is 37.4 Å². The van der Waals surface area contributed by atoms with E-state index in [4.69, 9.17) is 0 Å². The summed E-state index contributed by atoms with van der Waals surface area (Å²) in [5.41, 5.74) is 1.38. The van der Waals surface area contributed by atoms with Crippen molar-refractivity contribution in [3.63, 3.8) is 0 Å². The summed E-state index contributed by atoms with van der Waals surface area (Å²) in [5, 5.41) is 3.74. The second kappa shape index (κ2) is 6.19. The van der Waals surface area contributed by atoms with Gasteiger partial charge < -0.3 is 5.32 Å². The molecule has 21 heavy (non-hydrogen) atoms. The molecular weight excluding hydrogens is 280 g/mol. The Morgan fingerprint density at radius 2 is 1.90 bits per heavy atom. The Kier molecular flexibility index (Phi) is 4.48. The fraction of sp³-hybridized carbons (Fsp3) is 0.647. The van der Waals surface area contributed by atoms with Gasteiger partial charge in [-0.15, -0.1) is 0 Å². The van der Waals surface area contributed by atoms with Crippen LogP contribution in [0.3, 0.4) is 0 Å². The number of rotatable bonds is 2. The Morgan fingerprint density at radius 1 is 1.24 bits per heavy atom. The molecule has 116 valence electrons. The van der Waals surface area contributed by atoms with Gasteiger partial charge in [0.15, 0.2) is 0 Å². The maximum Gasteiger partial charge on any atom is 0.0535 e. The SMILES string of the molecule is CC1CNC(C)(c2ccccc2)CN1C1CCS(=O)CC1. The first-order valence-electron chi connectivity index (χ1n) is 8.00. The van der Waals surface area contributed by atoms with Crippen LogP contribution in [0, 0.1) is 0 Å². The zero-order valence-electron chi connectivity index (χ0n) is 13.0. The summed E-state index contributed by atoms with van der Waals surface area (Å²) >= 11 is 0. The zero-order valence-corrected chi connectivity index (χ0v) is 13.9.